The highest BCUT2D eigenvalue weighted by Gasteiger charge is 2.06. The van der Waals surface area contributed by atoms with Crippen molar-refractivity contribution in [3.05, 3.63) is 64.3 Å². The molecule has 0 saturated heterocycles. The van der Waals surface area contributed by atoms with Crippen molar-refractivity contribution in [2.45, 2.75) is 6.54 Å². The van der Waals surface area contributed by atoms with Crippen LogP contribution in [0.2, 0.25) is 10.0 Å². The van der Waals surface area contributed by atoms with Crippen molar-refractivity contribution in [1.82, 2.24) is 4.57 Å². The molecule has 4 heteroatoms. The number of nitrogens with zero attached hydrogens (tertiary/aromatic N) is 1. The van der Waals surface area contributed by atoms with Gasteiger partial charge in [0, 0.05) is 33.7 Å². The Kier molecular flexibility index (Phi) is 3.60. The minimum Gasteiger partial charge on any atom is -0.497 e. The molecule has 0 aliphatic heterocycles. The van der Waals surface area contributed by atoms with Crippen LogP contribution in [-0.2, 0) is 6.54 Å². The normalized spacial score (nSPS) is 10.9. The Hall–Kier alpha value is -1.64. The minimum atomic E-state index is 0.654. The fourth-order valence-corrected chi connectivity index (χ4v) is 2.74. The van der Waals surface area contributed by atoms with Gasteiger partial charge in [-0.25, -0.2) is 0 Å². The first-order valence-corrected chi connectivity index (χ1v) is 7.00. The highest BCUT2D eigenvalue weighted by atomic mass is 35.5. The van der Waals surface area contributed by atoms with E-state index in [4.69, 9.17) is 27.9 Å². The highest BCUT2D eigenvalue weighted by molar-refractivity contribution is 6.35. The maximum atomic E-state index is 6.23. The number of rotatable bonds is 3. The summed E-state index contributed by atoms with van der Waals surface area (Å²) in [7, 11) is 1.67. The van der Waals surface area contributed by atoms with Crippen molar-refractivity contribution in [3.8, 4) is 5.75 Å². The number of hydrogen-bond donors (Lipinski definition) is 0. The maximum Gasteiger partial charge on any atom is 0.119 e. The molecule has 0 radical (unpaired) electrons. The summed E-state index contributed by atoms with van der Waals surface area (Å²) in [5.41, 5.74) is 2.20. The summed E-state index contributed by atoms with van der Waals surface area (Å²) in [6.45, 7) is 0.714. The van der Waals surface area contributed by atoms with Gasteiger partial charge in [0.1, 0.15) is 5.75 Å². The van der Waals surface area contributed by atoms with Crippen molar-refractivity contribution < 1.29 is 4.74 Å². The van der Waals surface area contributed by atoms with Gasteiger partial charge >= 0.3 is 0 Å². The van der Waals surface area contributed by atoms with E-state index in [9.17, 15) is 0 Å². The third kappa shape index (κ3) is 2.49. The Labute approximate surface area is 127 Å². The lowest BCUT2D eigenvalue weighted by Gasteiger charge is -2.08. The highest BCUT2D eigenvalue weighted by Crippen LogP contribution is 2.25. The molecule has 2 aromatic carbocycles. The van der Waals surface area contributed by atoms with Gasteiger partial charge in [-0.15, -0.1) is 0 Å². The predicted octanol–water partition coefficient (Wildman–Crippen LogP) is 5.01. The summed E-state index contributed by atoms with van der Waals surface area (Å²) >= 11 is 12.1. The second-order valence-corrected chi connectivity index (χ2v) is 5.45. The molecular formula is C16H13Cl2NO. The Morgan fingerprint density at radius 3 is 2.65 bits per heavy atom. The molecule has 0 fully saturated rings. The van der Waals surface area contributed by atoms with Crippen LogP contribution in [0.25, 0.3) is 10.9 Å². The smallest absolute Gasteiger partial charge is 0.119 e. The average molecular weight is 306 g/mol. The molecule has 0 aliphatic rings. The summed E-state index contributed by atoms with van der Waals surface area (Å²) in [5, 5.41) is 2.49. The Bertz CT molecular complexity index is 764. The van der Waals surface area contributed by atoms with Gasteiger partial charge in [-0.05, 0) is 42.0 Å². The van der Waals surface area contributed by atoms with Gasteiger partial charge in [0.15, 0.2) is 0 Å². The molecule has 0 bridgehead atoms. The van der Waals surface area contributed by atoms with Gasteiger partial charge in [0.25, 0.3) is 0 Å². The Morgan fingerprint density at radius 1 is 1.05 bits per heavy atom. The number of fused-ring (bicyclic) bond motifs is 1. The number of hydrogen-bond acceptors (Lipinski definition) is 1. The zero-order valence-electron chi connectivity index (χ0n) is 10.9. The molecule has 1 aromatic heterocycles. The van der Waals surface area contributed by atoms with Crippen LogP contribution in [0.15, 0.2) is 48.7 Å². The van der Waals surface area contributed by atoms with Crippen LogP contribution in [0.1, 0.15) is 5.56 Å². The number of benzene rings is 2. The fourth-order valence-electron chi connectivity index (χ4n) is 2.28. The van der Waals surface area contributed by atoms with Crippen LogP contribution in [0, 0.1) is 0 Å². The van der Waals surface area contributed by atoms with Crippen LogP contribution in [-0.4, -0.2) is 11.7 Å². The number of methoxy groups -OCH3 is 1. The van der Waals surface area contributed by atoms with E-state index in [1.807, 2.05) is 24.3 Å². The first-order valence-electron chi connectivity index (χ1n) is 6.24. The van der Waals surface area contributed by atoms with Crippen LogP contribution in [0.4, 0.5) is 0 Å². The van der Waals surface area contributed by atoms with Gasteiger partial charge in [-0.3, -0.25) is 0 Å². The van der Waals surface area contributed by atoms with E-state index >= 15 is 0 Å². The summed E-state index contributed by atoms with van der Waals surface area (Å²) < 4.78 is 7.39. The second kappa shape index (κ2) is 5.39. The fraction of sp³-hybridized carbons (Fsp3) is 0.125. The Morgan fingerprint density at radius 2 is 1.90 bits per heavy atom. The molecule has 0 aliphatic carbocycles. The zero-order chi connectivity index (χ0) is 14.1. The van der Waals surface area contributed by atoms with Crippen molar-refractivity contribution >= 4 is 34.1 Å². The van der Waals surface area contributed by atoms with Crippen molar-refractivity contribution in [2.75, 3.05) is 7.11 Å². The summed E-state index contributed by atoms with van der Waals surface area (Å²) in [4.78, 5) is 0. The van der Waals surface area contributed by atoms with Gasteiger partial charge in [0.2, 0.25) is 0 Å². The molecular weight excluding hydrogens is 293 g/mol. The van der Waals surface area contributed by atoms with E-state index in [1.165, 1.54) is 0 Å². The third-order valence-electron chi connectivity index (χ3n) is 3.33. The van der Waals surface area contributed by atoms with Crippen LogP contribution in [0.5, 0.6) is 5.75 Å². The van der Waals surface area contributed by atoms with Crippen molar-refractivity contribution in [3.63, 3.8) is 0 Å². The molecule has 0 spiro atoms. The van der Waals surface area contributed by atoms with Gasteiger partial charge in [0.05, 0.1) is 7.11 Å². The molecule has 0 unspecified atom stereocenters. The summed E-state index contributed by atoms with van der Waals surface area (Å²) in [5.74, 6) is 0.861. The number of halogens is 2. The lowest BCUT2D eigenvalue weighted by atomic mass is 10.2. The van der Waals surface area contributed by atoms with E-state index in [1.54, 1.807) is 13.2 Å². The standard InChI is InChI=1S/C16H13Cl2NO/c1-20-14-4-5-16-11(8-14)6-7-19(16)10-12-2-3-13(17)9-15(12)18/h2-9H,10H2,1H3. The molecule has 20 heavy (non-hydrogen) atoms. The molecule has 3 aromatic rings. The van der Waals surface area contributed by atoms with E-state index in [0.29, 0.717) is 16.6 Å². The summed E-state index contributed by atoms with van der Waals surface area (Å²) in [6.07, 6.45) is 2.05. The van der Waals surface area contributed by atoms with E-state index < -0.39 is 0 Å². The van der Waals surface area contributed by atoms with Crippen molar-refractivity contribution in [2.24, 2.45) is 0 Å². The van der Waals surface area contributed by atoms with Gasteiger partial charge in [-0.1, -0.05) is 29.3 Å². The first kappa shape index (κ1) is 13.3. The van der Waals surface area contributed by atoms with Gasteiger partial charge in [-0.2, -0.15) is 0 Å². The van der Waals surface area contributed by atoms with E-state index in [0.717, 1.165) is 22.2 Å². The second-order valence-electron chi connectivity index (χ2n) is 4.60. The summed E-state index contributed by atoms with van der Waals surface area (Å²) in [6, 6.07) is 13.7. The molecule has 0 saturated carbocycles. The molecule has 1 heterocycles. The van der Waals surface area contributed by atoms with Crippen LogP contribution >= 0.6 is 23.2 Å². The number of aromatic nitrogens is 1. The quantitative estimate of drug-likeness (QED) is 0.664. The topological polar surface area (TPSA) is 14.2 Å². The molecule has 0 atom stereocenters. The van der Waals surface area contributed by atoms with Crippen molar-refractivity contribution in [1.29, 1.82) is 0 Å². The molecule has 0 amide bonds. The predicted molar refractivity (Wildman–Crippen MR) is 84.1 cm³/mol. The lowest BCUT2D eigenvalue weighted by Crippen LogP contribution is -1.98. The zero-order valence-corrected chi connectivity index (χ0v) is 12.4. The first-order chi connectivity index (χ1) is 9.67. The lowest BCUT2D eigenvalue weighted by molar-refractivity contribution is 0.415. The van der Waals surface area contributed by atoms with E-state index in [-0.39, 0.29) is 0 Å². The molecule has 3 rings (SSSR count). The maximum absolute atomic E-state index is 6.23. The van der Waals surface area contributed by atoms with Crippen LogP contribution in [0.3, 0.4) is 0 Å². The SMILES string of the molecule is COc1ccc2c(ccn2Cc2ccc(Cl)cc2Cl)c1. The van der Waals surface area contributed by atoms with Gasteiger partial charge < -0.3 is 9.30 Å². The number of ether oxygens (including phenoxy) is 1. The average Bonchev–Trinajstić information content (AvgIpc) is 2.84. The molecule has 0 N–H and O–H groups in total. The van der Waals surface area contributed by atoms with Crippen LogP contribution < -0.4 is 4.74 Å². The monoisotopic (exact) mass is 305 g/mol. The largest absolute Gasteiger partial charge is 0.497 e. The van der Waals surface area contributed by atoms with E-state index in [2.05, 4.69) is 22.9 Å². The Balaban J connectivity index is 1.98. The minimum absolute atomic E-state index is 0.654. The third-order valence-corrected chi connectivity index (χ3v) is 3.92. The molecule has 2 nitrogen and oxygen atoms in total. The molecule has 102 valence electrons.